The van der Waals surface area contributed by atoms with E-state index in [9.17, 15) is 0 Å². The molecule has 0 fully saturated rings. The molecule has 0 aliphatic carbocycles. The summed E-state index contributed by atoms with van der Waals surface area (Å²) in [6, 6.07) is 57.1. The number of rotatable bonds is 7. The van der Waals surface area contributed by atoms with Crippen molar-refractivity contribution in [1.29, 1.82) is 0 Å². The van der Waals surface area contributed by atoms with Gasteiger partial charge in [0, 0.05) is 25.8 Å². The van der Waals surface area contributed by atoms with Gasteiger partial charge in [0.25, 0.3) is 0 Å². The number of fused-ring (bicyclic) bond motifs is 4. The van der Waals surface area contributed by atoms with Gasteiger partial charge in [0.1, 0.15) is 0 Å². The van der Waals surface area contributed by atoms with E-state index >= 15 is 0 Å². The first-order chi connectivity index (χ1) is 29.2. The molecular formula is C54H51GeIrN3-2. The first-order valence-electron chi connectivity index (χ1n) is 21.7. The summed E-state index contributed by atoms with van der Waals surface area (Å²) in [7, 11) is 0. The Morgan fingerprint density at radius 1 is 0.627 bits per heavy atom. The van der Waals surface area contributed by atoms with Gasteiger partial charge in [0.05, 0.1) is 16.9 Å². The fourth-order valence-corrected chi connectivity index (χ4v) is 9.88. The molecule has 9 aromatic rings. The minimum absolute atomic E-state index is 0. The third-order valence-corrected chi connectivity index (χ3v) is 15.2. The zero-order valence-corrected chi connectivity index (χ0v) is 39.3. The minimum Gasteiger partial charge on any atom is 0 e. The minimum atomic E-state index is -2.08. The van der Waals surface area contributed by atoms with Gasteiger partial charge in [0.15, 0.2) is 0 Å². The van der Waals surface area contributed by atoms with Gasteiger partial charge in [-0.3, -0.25) is 4.98 Å². The average molecular weight is 1010 g/mol. The van der Waals surface area contributed by atoms with Crippen LogP contribution in [0.25, 0.3) is 72.0 Å². The summed E-state index contributed by atoms with van der Waals surface area (Å²) < 4.78 is 25.8. The van der Waals surface area contributed by atoms with Crippen molar-refractivity contribution >= 4 is 50.2 Å². The second kappa shape index (κ2) is 17.6. The molecule has 9 rings (SSSR count). The van der Waals surface area contributed by atoms with Crippen LogP contribution in [0.15, 0.2) is 152 Å². The largest absolute Gasteiger partial charge is 0 e. The zero-order valence-electron chi connectivity index (χ0n) is 37.8. The predicted molar refractivity (Wildman–Crippen MR) is 250 cm³/mol. The molecule has 0 atom stereocenters. The van der Waals surface area contributed by atoms with Crippen molar-refractivity contribution in [2.24, 2.45) is 0 Å². The van der Waals surface area contributed by atoms with E-state index in [2.05, 4.69) is 188 Å². The number of para-hydroxylation sites is 2. The van der Waals surface area contributed by atoms with Crippen LogP contribution < -0.4 is 4.40 Å². The Labute approximate surface area is 370 Å². The Hall–Kier alpha value is -5.13. The Morgan fingerprint density at radius 3 is 1.97 bits per heavy atom. The van der Waals surface area contributed by atoms with Gasteiger partial charge in [-0.1, -0.05) is 117 Å². The topological polar surface area (TPSA) is 30.7 Å². The van der Waals surface area contributed by atoms with Gasteiger partial charge in [-0.2, -0.15) is 0 Å². The molecule has 0 spiro atoms. The molecule has 0 amide bonds. The smallest absolute Gasteiger partial charge is 0 e. The van der Waals surface area contributed by atoms with Crippen molar-refractivity contribution < 1.29 is 24.2 Å². The van der Waals surface area contributed by atoms with Crippen LogP contribution in [0.2, 0.25) is 17.3 Å². The van der Waals surface area contributed by atoms with E-state index in [1.54, 1.807) is 12.1 Å². The number of aryl methyl sites for hydroxylation is 1. The SMILES string of the molecule is CC(C)c1cc(-c2ccccc2)cc(C(C)C)c1-n1c(-c2[c-]cc3c(ccc4ccccc43)c2)nc2ccccc21.[2H]C([2H])([2H])c1c[c-]c(-c2cc[c]([Ge]([CH3])([CH3])[CH3])cn2)cc1.[Ir]. The van der Waals surface area contributed by atoms with E-state index in [4.69, 9.17) is 9.10 Å². The Kier molecular flexibility index (Phi) is 11.4. The summed E-state index contributed by atoms with van der Waals surface area (Å²) in [5.74, 6) is 8.56. The molecule has 59 heavy (non-hydrogen) atoms. The van der Waals surface area contributed by atoms with Crippen molar-refractivity contribution in [1.82, 2.24) is 14.5 Å². The van der Waals surface area contributed by atoms with E-state index in [0.717, 1.165) is 33.7 Å². The van der Waals surface area contributed by atoms with Crippen molar-refractivity contribution in [2.45, 2.75) is 63.7 Å². The summed E-state index contributed by atoms with van der Waals surface area (Å²) in [5.41, 5.74) is 11.5. The monoisotopic (exact) mass is 1010 g/mol. The number of benzene rings is 7. The van der Waals surface area contributed by atoms with Gasteiger partial charge >= 0.3 is 110 Å². The van der Waals surface area contributed by atoms with Crippen LogP contribution in [0.4, 0.5) is 0 Å². The van der Waals surface area contributed by atoms with Gasteiger partial charge in [0.2, 0.25) is 0 Å². The second-order valence-electron chi connectivity index (χ2n) is 16.7. The van der Waals surface area contributed by atoms with E-state index < -0.39 is 20.1 Å². The summed E-state index contributed by atoms with van der Waals surface area (Å²) >= 11 is -1.83. The van der Waals surface area contributed by atoms with Gasteiger partial charge in [-0.25, -0.2) is 0 Å². The molecule has 3 nitrogen and oxygen atoms in total. The molecule has 0 aliphatic heterocycles. The molecule has 7 aromatic carbocycles. The number of hydrogen-bond donors (Lipinski definition) is 0. The van der Waals surface area contributed by atoms with Crippen molar-refractivity contribution in [2.75, 3.05) is 0 Å². The fourth-order valence-electron chi connectivity index (χ4n) is 7.71. The summed E-state index contributed by atoms with van der Waals surface area (Å²) in [6.45, 7) is 7.10. The number of aromatic nitrogens is 3. The third-order valence-electron chi connectivity index (χ3n) is 10.9. The van der Waals surface area contributed by atoms with Gasteiger partial charge < -0.3 is 4.57 Å². The van der Waals surface area contributed by atoms with Crippen LogP contribution in [0.3, 0.4) is 0 Å². The third kappa shape index (κ3) is 8.78. The quantitative estimate of drug-likeness (QED) is 0.0905. The Bertz CT molecular complexity index is 2900. The maximum atomic E-state index is 7.35. The van der Waals surface area contributed by atoms with E-state index in [-0.39, 0.29) is 20.1 Å². The zero-order chi connectivity index (χ0) is 43.1. The van der Waals surface area contributed by atoms with Crippen LogP contribution in [-0.2, 0) is 20.1 Å². The van der Waals surface area contributed by atoms with E-state index in [1.807, 2.05) is 12.3 Å². The fraction of sp³-hybridized carbons (Fsp3) is 0.185. The van der Waals surface area contributed by atoms with Gasteiger partial charge in [-0.15, -0.1) is 29.1 Å². The molecule has 297 valence electrons. The second-order valence-corrected chi connectivity index (χ2v) is 27.4. The molecule has 2 aromatic heterocycles. The number of nitrogens with zero attached hydrogens (tertiary/aromatic N) is 3. The van der Waals surface area contributed by atoms with Gasteiger partial charge in [-0.05, 0) is 63.7 Å². The summed E-state index contributed by atoms with van der Waals surface area (Å²) in [5, 5.41) is 4.91. The molecule has 5 heteroatoms. The van der Waals surface area contributed by atoms with E-state index in [0.29, 0.717) is 17.4 Å². The van der Waals surface area contributed by atoms with Crippen LogP contribution >= 0.6 is 0 Å². The standard InChI is InChI=1S/C39H33N2.C15H18GeN.Ir/c1-25(2)34-23-31(27-12-6-5-7-13-27)24-35(26(3)4)38(34)41-37-17-11-10-16-36(37)40-39(41)30-20-21-33-29(22-30)19-18-28-14-8-9-15-32(28)33;1-12-5-7-13(8-6-12)15-10-9-14(11-17-15)16(2,3)4;/h5-19,21-26H,1-4H3;5-7,9-11H,1-4H3;/q2*-1;/i;1D3;. The molecule has 0 unspecified atom stereocenters. The molecule has 2 heterocycles. The first-order valence-corrected chi connectivity index (χ1v) is 27.6. The average Bonchev–Trinajstić information content (AvgIpc) is 3.65. The molecule has 1 radical (unpaired) electrons. The molecular weight excluding hydrogens is 955 g/mol. The molecule has 0 bridgehead atoms. The Balaban J connectivity index is 0.000000233. The molecule has 0 N–H and O–H groups in total. The number of pyridine rings is 1. The maximum Gasteiger partial charge on any atom is 0 e. The summed E-state index contributed by atoms with van der Waals surface area (Å²) in [4.78, 5) is 9.72. The van der Waals surface area contributed by atoms with Crippen LogP contribution in [0.1, 0.15) is 60.3 Å². The molecule has 0 aliphatic rings. The van der Waals surface area contributed by atoms with Crippen molar-refractivity contribution in [3.8, 4) is 39.5 Å². The number of imidazole rings is 1. The maximum absolute atomic E-state index is 7.35. The van der Waals surface area contributed by atoms with Crippen LogP contribution in [0.5, 0.6) is 0 Å². The van der Waals surface area contributed by atoms with E-state index in [1.165, 1.54) is 59.9 Å². The Morgan fingerprint density at radius 2 is 1.31 bits per heavy atom. The summed E-state index contributed by atoms with van der Waals surface area (Å²) in [6.07, 6.45) is 1.95. The predicted octanol–water partition coefficient (Wildman–Crippen LogP) is 14.1. The first kappa shape index (κ1) is 38.1. The number of hydrogen-bond acceptors (Lipinski definition) is 2. The van der Waals surface area contributed by atoms with Crippen LogP contribution in [0, 0.1) is 19.0 Å². The van der Waals surface area contributed by atoms with Crippen molar-refractivity contribution in [3.63, 3.8) is 0 Å². The van der Waals surface area contributed by atoms with Crippen LogP contribution in [-0.4, -0.2) is 27.8 Å². The molecule has 0 saturated heterocycles. The molecule has 0 saturated carbocycles. The van der Waals surface area contributed by atoms with Crippen molar-refractivity contribution in [3.05, 3.63) is 181 Å². The normalized spacial score (nSPS) is 12.5.